The van der Waals surface area contributed by atoms with E-state index in [0.717, 1.165) is 16.7 Å². The van der Waals surface area contributed by atoms with Crippen LogP contribution in [0, 0.1) is 0 Å². The maximum absolute atomic E-state index is 11.7. The third-order valence-corrected chi connectivity index (χ3v) is 4.98. The Hall–Kier alpha value is -2.79. The molecule has 0 aromatic heterocycles. The molecule has 0 spiro atoms. The molecule has 3 aromatic carbocycles. The van der Waals surface area contributed by atoms with E-state index in [2.05, 4.69) is 0 Å². The number of rotatable bonds is 5. The molecule has 3 rings (SSSR count). The molecule has 3 aromatic rings. The summed E-state index contributed by atoms with van der Waals surface area (Å²) in [7, 11) is -3.29. The first-order valence-corrected chi connectivity index (χ1v) is 9.70. The maximum atomic E-state index is 11.7. The van der Waals surface area contributed by atoms with Crippen LogP contribution in [0.3, 0.4) is 0 Å². The lowest BCUT2D eigenvalue weighted by Gasteiger charge is -2.14. The van der Waals surface area contributed by atoms with Gasteiger partial charge in [-0.3, -0.25) is 0 Å². The average Bonchev–Trinajstić information content (AvgIpc) is 2.60. The highest BCUT2D eigenvalue weighted by Gasteiger charge is 2.13. The van der Waals surface area contributed by atoms with Crippen molar-refractivity contribution in [3.05, 3.63) is 78.4 Å². The number of hydrogen-bond acceptors (Lipinski definition) is 4. The van der Waals surface area contributed by atoms with Crippen LogP contribution in [0.1, 0.15) is 5.56 Å². The minimum Gasteiger partial charge on any atom is -0.488 e. The standard InChI is InChI=1S/C20H19NO3S/c1-25(22,23)16-11-12-17(19(21)13-16)18-9-5-6-10-20(18)24-14-15-7-3-2-4-8-15/h2-13H,14,21H2,1H3. The van der Waals surface area contributed by atoms with Gasteiger partial charge in [0.1, 0.15) is 12.4 Å². The van der Waals surface area contributed by atoms with Crippen molar-refractivity contribution in [2.24, 2.45) is 0 Å². The first-order chi connectivity index (χ1) is 11.9. The molecule has 0 atom stereocenters. The molecule has 0 aliphatic rings. The number of para-hydroxylation sites is 1. The monoisotopic (exact) mass is 353 g/mol. The van der Waals surface area contributed by atoms with Crippen LogP contribution in [-0.2, 0) is 16.4 Å². The molecule has 0 unspecified atom stereocenters. The van der Waals surface area contributed by atoms with Gasteiger partial charge in [0.05, 0.1) is 4.90 Å². The van der Waals surface area contributed by atoms with E-state index >= 15 is 0 Å². The highest BCUT2D eigenvalue weighted by Crippen LogP contribution is 2.35. The highest BCUT2D eigenvalue weighted by atomic mass is 32.2. The minimum absolute atomic E-state index is 0.205. The fourth-order valence-electron chi connectivity index (χ4n) is 2.57. The lowest BCUT2D eigenvalue weighted by Crippen LogP contribution is -2.01. The van der Waals surface area contributed by atoms with Gasteiger partial charge in [-0.25, -0.2) is 8.42 Å². The average molecular weight is 353 g/mol. The lowest BCUT2D eigenvalue weighted by atomic mass is 10.0. The molecule has 0 radical (unpaired) electrons. The highest BCUT2D eigenvalue weighted by molar-refractivity contribution is 7.90. The number of ether oxygens (including phenoxy) is 1. The van der Waals surface area contributed by atoms with E-state index in [-0.39, 0.29) is 4.90 Å². The van der Waals surface area contributed by atoms with Crippen molar-refractivity contribution in [2.45, 2.75) is 11.5 Å². The zero-order chi connectivity index (χ0) is 17.9. The van der Waals surface area contributed by atoms with Gasteiger partial charge < -0.3 is 10.5 Å². The maximum Gasteiger partial charge on any atom is 0.175 e. The Balaban J connectivity index is 1.93. The molecule has 0 saturated heterocycles. The Bertz CT molecular complexity index is 983. The number of nitrogens with two attached hydrogens (primary N) is 1. The van der Waals surface area contributed by atoms with Crippen LogP contribution < -0.4 is 10.5 Å². The summed E-state index contributed by atoms with van der Waals surface area (Å²) >= 11 is 0. The fraction of sp³-hybridized carbons (Fsp3) is 0.100. The van der Waals surface area contributed by atoms with Crippen molar-refractivity contribution in [3.8, 4) is 16.9 Å². The van der Waals surface area contributed by atoms with Gasteiger partial charge in [-0.2, -0.15) is 0 Å². The van der Waals surface area contributed by atoms with Gasteiger partial charge >= 0.3 is 0 Å². The van der Waals surface area contributed by atoms with E-state index < -0.39 is 9.84 Å². The zero-order valence-electron chi connectivity index (χ0n) is 13.8. The SMILES string of the molecule is CS(=O)(=O)c1ccc(-c2ccccc2OCc2ccccc2)c(N)c1. The van der Waals surface area contributed by atoms with E-state index in [4.69, 9.17) is 10.5 Å². The summed E-state index contributed by atoms with van der Waals surface area (Å²) < 4.78 is 29.3. The normalized spacial score (nSPS) is 11.2. The smallest absolute Gasteiger partial charge is 0.175 e. The van der Waals surface area contributed by atoms with Crippen LogP contribution in [0.25, 0.3) is 11.1 Å². The van der Waals surface area contributed by atoms with E-state index in [1.165, 1.54) is 12.3 Å². The molecule has 0 bridgehead atoms. The summed E-state index contributed by atoms with van der Waals surface area (Å²) in [5, 5.41) is 0. The topological polar surface area (TPSA) is 69.4 Å². The molecule has 0 aliphatic carbocycles. The number of nitrogen functional groups attached to an aromatic ring is 1. The summed E-state index contributed by atoms with van der Waals surface area (Å²) in [6.07, 6.45) is 1.17. The van der Waals surface area contributed by atoms with Gasteiger partial charge in [-0.05, 0) is 23.8 Å². The molecule has 0 aliphatic heterocycles. The Morgan fingerprint density at radius 1 is 0.880 bits per heavy atom. The number of hydrogen-bond donors (Lipinski definition) is 1. The predicted molar refractivity (Wildman–Crippen MR) is 100 cm³/mol. The van der Waals surface area contributed by atoms with Gasteiger partial charge in [0.15, 0.2) is 9.84 Å². The van der Waals surface area contributed by atoms with Gasteiger partial charge in [-0.15, -0.1) is 0 Å². The van der Waals surface area contributed by atoms with Crippen LogP contribution in [0.15, 0.2) is 77.7 Å². The van der Waals surface area contributed by atoms with Crippen LogP contribution in [-0.4, -0.2) is 14.7 Å². The Morgan fingerprint density at radius 3 is 2.24 bits per heavy atom. The van der Waals surface area contributed by atoms with Crippen molar-refractivity contribution in [3.63, 3.8) is 0 Å². The molecular formula is C20H19NO3S. The van der Waals surface area contributed by atoms with Crippen molar-refractivity contribution in [1.82, 2.24) is 0 Å². The third-order valence-electron chi connectivity index (χ3n) is 3.87. The third kappa shape index (κ3) is 4.00. The predicted octanol–water partition coefficient (Wildman–Crippen LogP) is 3.92. The molecular weight excluding hydrogens is 334 g/mol. The van der Waals surface area contributed by atoms with Crippen LogP contribution in [0.4, 0.5) is 5.69 Å². The van der Waals surface area contributed by atoms with Crippen LogP contribution >= 0.6 is 0 Å². The summed E-state index contributed by atoms with van der Waals surface area (Å²) in [5.74, 6) is 0.699. The van der Waals surface area contributed by atoms with Crippen LogP contribution in [0.2, 0.25) is 0 Å². The van der Waals surface area contributed by atoms with Gasteiger partial charge in [0.2, 0.25) is 0 Å². The van der Waals surface area contributed by atoms with E-state index in [1.54, 1.807) is 12.1 Å². The van der Waals surface area contributed by atoms with E-state index in [9.17, 15) is 8.42 Å². The number of anilines is 1. The summed E-state index contributed by atoms with van der Waals surface area (Å²) in [6.45, 7) is 0.444. The van der Waals surface area contributed by atoms with Crippen molar-refractivity contribution in [1.29, 1.82) is 0 Å². The molecule has 25 heavy (non-hydrogen) atoms. The van der Waals surface area contributed by atoms with E-state index in [1.807, 2.05) is 54.6 Å². The largest absolute Gasteiger partial charge is 0.488 e. The quantitative estimate of drug-likeness (QED) is 0.706. The second kappa shape index (κ2) is 6.99. The van der Waals surface area contributed by atoms with Crippen LogP contribution in [0.5, 0.6) is 5.75 Å². The lowest BCUT2D eigenvalue weighted by molar-refractivity contribution is 0.307. The van der Waals surface area contributed by atoms with Crippen molar-refractivity contribution >= 4 is 15.5 Å². The molecule has 0 amide bonds. The molecule has 2 N–H and O–H groups in total. The number of sulfone groups is 1. The minimum atomic E-state index is -3.29. The zero-order valence-corrected chi connectivity index (χ0v) is 14.7. The second-order valence-corrected chi connectivity index (χ2v) is 7.81. The Kier molecular flexibility index (Phi) is 4.76. The van der Waals surface area contributed by atoms with Crippen molar-refractivity contribution in [2.75, 3.05) is 12.0 Å². The van der Waals surface area contributed by atoms with Gasteiger partial charge in [0, 0.05) is 23.1 Å². The molecule has 4 nitrogen and oxygen atoms in total. The summed E-state index contributed by atoms with van der Waals surface area (Å²) in [4.78, 5) is 0.205. The first-order valence-electron chi connectivity index (χ1n) is 7.81. The molecule has 0 fully saturated rings. The molecule has 0 heterocycles. The summed E-state index contributed by atoms with van der Waals surface area (Å²) in [6, 6.07) is 22.2. The Morgan fingerprint density at radius 2 is 1.56 bits per heavy atom. The molecule has 0 saturated carbocycles. The Labute approximate surface area is 147 Å². The fourth-order valence-corrected chi connectivity index (χ4v) is 3.22. The van der Waals surface area contributed by atoms with Gasteiger partial charge in [0.25, 0.3) is 0 Å². The van der Waals surface area contributed by atoms with E-state index in [0.29, 0.717) is 18.0 Å². The molecule has 5 heteroatoms. The second-order valence-electron chi connectivity index (χ2n) is 5.79. The molecule has 128 valence electrons. The summed E-state index contributed by atoms with van der Waals surface area (Å²) in [5.41, 5.74) is 9.15. The van der Waals surface area contributed by atoms with Crippen molar-refractivity contribution < 1.29 is 13.2 Å². The number of benzene rings is 3. The van der Waals surface area contributed by atoms with Gasteiger partial charge in [-0.1, -0.05) is 54.6 Å². The first kappa shape index (κ1) is 17.0.